The molecule has 0 unspecified atom stereocenters. The van der Waals surface area contributed by atoms with Crippen molar-refractivity contribution in [1.82, 2.24) is 9.80 Å². The van der Waals surface area contributed by atoms with Gasteiger partial charge in [0.1, 0.15) is 0 Å². The van der Waals surface area contributed by atoms with Crippen molar-refractivity contribution >= 4 is 28.8 Å². The van der Waals surface area contributed by atoms with Crippen molar-refractivity contribution in [1.29, 1.82) is 0 Å². The standard InChI is InChI=1S/C17H20N2O3S/c1-11-3-4-14(12(2)9-11)16(21)18-7-5-13(6-8-18)19-15(20)10-23-17(19)22/h3-4,9,13H,5-8,10H2,1-2H3. The molecule has 0 spiro atoms. The van der Waals surface area contributed by atoms with Crippen LogP contribution in [-0.2, 0) is 4.79 Å². The Balaban J connectivity index is 1.65. The molecule has 23 heavy (non-hydrogen) atoms. The maximum atomic E-state index is 12.7. The Morgan fingerprint density at radius 3 is 2.43 bits per heavy atom. The first-order chi connectivity index (χ1) is 11.0. The average Bonchev–Trinajstić information content (AvgIpc) is 2.86. The second-order valence-electron chi connectivity index (χ2n) is 6.16. The Labute approximate surface area is 140 Å². The fourth-order valence-corrected chi connectivity index (χ4v) is 4.04. The van der Waals surface area contributed by atoms with Gasteiger partial charge in [-0.1, -0.05) is 29.5 Å². The second kappa shape index (κ2) is 6.35. The quantitative estimate of drug-likeness (QED) is 0.835. The molecule has 3 rings (SSSR count). The number of piperidine rings is 1. The molecule has 2 heterocycles. The number of carbonyl (C=O) groups is 3. The number of likely N-dealkylation sites (tertiary alicyclic amines) is 1. The Hall–Kier alpha value is -1.82. The van der Waals surface area contributed by atoms with E-state index in [9.17, 15) is 14.4 Å². The van der Waals surface area contributed by atoms with Crippen molar-refractivity contribution in [2.45, 2.75) is 32.7 Å². The van der Waals surface area contributed by atoms with Gasteiger partial charge in [0.2, 0.25) is 5.91 Å². The van der Waals surface area contributed by atoms with Gasteiger partial charge >= 0.3 is 0 Å². The summed E-state index contributed by atoms with van der Waals surface area (Å²) in [6.07, 6.45) is 1.32. The number of nitrogens with zero attached hydrogens (tertiary/aromatic N) is 2. The summed E-state index contributed by atoms with van der Waals surface area (Å²) in [4.78, 5) is 39.5. The first kappa shape index (κ1) is 16.1. The average molecular weight is 332 g/mol. The molecule has 0 aliphatic carbocycles. The highest BCUT2D eigenvalue weighted by Crippen LogP contribution is 2.27. The van der Waals surface area contributed by atoms with Gasteiger partial charge in [-0.05, 0) is 38.3 Å². The molecule has 3 amide bonds. The molecule has 5 nitrogen and oxygen atoms in total. The van der Waals surface area contributed by atoms with Gasteiger partial charge in [-0.25, -0.2) is 0 Å². The van der Waals surface area contributed by atoms with Crippen LogP contribution in [0, 0.1) is 13.8 Å². The molecule has 1 aromatic carbocycles. The SMILES string of the molecule is Cc1ccc(C(=O)N2CCC(N3C(=O)CSC3=O)CC2)c(C)c1. The van der Waals surface area contributed by atoms with E-state index in [0.29, 0.717) is 25.9 Å². The smallest absolute Gasteiger partial charge is 0.289 e. The van der Waals surface area contributed by atoms with Crippen molar-refractivity contribution < 1.29 is 14.4 Å². The Kier molecular flexibility index (Phi) is 4.43. The van der Waals surface area contributed by atoms with Gasteiger partial charge in [0, 0.05) is 24.7 Å². The predicted octanol–water partition coefficient (Wildman–Crippen LogP) is 2.60. The van der Waals surface area contributed by atoms with Crippen LogP contribution in [0.25, 0.3) is 0 Å². The molecule has 2 aliphatic rings. The van der Waals surface area contributed by atoms with E-state index in [0.717, 1.165) is 28.5 Å². The maximum absolute atomic E-state index is 12.7. The topological polar surface area (TPSA) is 57.7 Å². The number of aryl methyl sites for hydroxylation is 2. The predicted molar refractivity (Wildman–Crippen MR) is 89.5 cm³/mol. The minimum Gasteiger partial charge on any atom is -0.338 e. The number of imide groups is 1. The molecule has 0 radical (unpaired) electrons. The molecule has 0 N–H and O–H groups in total. The minimum atomic E-state index is -0.144. The van der Waals surface area contributed by atoms with E-state index in [1.807, 2.05) is 36.9 Å². The molecule has 0 atom stereocenters. The highest BCUT2D eigenvalue weighted by atomic mass is 32.2. The van der Waals surface area contributed by atoms with Crippen molar-refractivity contribution in [3.05, 3.63) is 34.9 Å². The lowest BCUT2D eigenvalue weighted by molar-refractivity contribution is -0.126. The number of carbonyl (C=O) groups excluding carboxylic acids is 3. The van der Waals surface area contributed by atoms with Crippen LogP contribution >= 0.6 is 11.8 Å². The third-order valence-corrected chi connectivity index (χ3v) is 5.35. The first-order valence-corrected chi connectivity index (χ1v) is 8.81. The summed E-state index contributed by atoms with van der Waals surface area (Å²) in [5, 5.41) is -0.144. The van der Waals surface area contributed by atoms with Gasteiger partial charge in [0.25, 0.3) is 11.1 Å². The Bertz CT molecular complexity index is 650. The van der Waals surface area contributed by atoms with Crippen LogP contribution in [0.15, 0.2) is 18.2 Å². The summed E-state index contributed by atoms with van der Waals surface area (Å²) in [6.45, 7) is 5.12. The van der Waals surface area contributed by atoms with Crippen LogP contribution in [0.4, 0.5) is 4.79 Å². The van der Waals surface area contributed by atoms with Crippen molar-refractivity contribution in [3.8, 4) is 0 Å². The van der Waals surface area contributed by atoms with Crippen molar-refractivity contribution in [3.63, 3.8) is 0 Å². The van der Waals surface area contributed by atoms with Gasteiger partial charge < -0.3 is 4.90 Å². The highest BCUT2D eigenvalue weighted by molar-refractivity contribution is 8.14. The summed E-state index contributed by atoms with van der Waals surface area (Å²) >= 11 is 1.07. The summed E-state index contributed by atoms with van der Waals surface area (Å²) in [7, 11) is 0. The minimum absolute atomic E-state index is 0.0365. The lowest BCUT2D eigenvalue weighted by Gasteiger charge is -2.35. The second-order valence-corrected chi connectivity index (χ2v) is 7.09. The molecule has 0 bridgehead atoms. The van der Waals surface area contributed by atoms with Crippen LogP contribution < -0.4 is 0 Å². The van der Waals surface area contributed by atoms with E-state index in [1.54, 1.807) is 0 Å². The monoisotopic (exact) mass is 332 g/mol. The molecule has 6 heteroatoms. The molecule has 2 fully saturated rings. The lowest BCUT2D eigenvalue weighted by atomic mass is 10.0. The zero-order valence-corrected chi connectivity index (χ0v) is 14.2. The summed E-state index contributed by atoms with van der Waals surface area (Å²) in [5.41, 5.74) is 2.86. The largest absolute Gasteiger partial charge is 0.338 e. The zero-order chi connectivity index (χ0) is 16.6. The van der Waals surface area contributed by atoms with Crippen molar-refractivity contribution in [2.75, 3.05) is 18.8 Å². The maximum Gasteiger partial charge on any atom is 0.289 e. The number of rotatable bonds is 2. The number of amides is 3. The Morgan fingerprint density at radius 2 is 1.87 bits per heavy atom. The van der Waals surface area contributed by atoms with Gasteiger partial charge in [-0.15, -0.1) is 0 Å². The summed E-state index contributed by atoms with van der Waals surface area (Å²) in [6, 6.07) is 5.78. The van der Waals surface area contributed by atoms with Gasteiger partial charge in [-0.2, -0.15) is 0 Å². The number of hydrogen-bond acceptors (Lipinski definition) is 4. The van der Waals surface area contributed by atoms with Crippen LogP contribution in [0.1, 0.15) is 34.3 Å². The van der Waals surface area contributed by atoms with Crippen LogP contribution in [0.5, 0.6) is 0 Å². The van der Waals surface area contributed by atoms with E-state index in [4.69, 9.17) is 0 Å². The fourth-order valence-electron chi connectivity index (χ4n) is 3.27. The van der Waals surface area contributed by atoms with E-state index in [2.05, 4.69) is 0 Å². The number of hydrogen-bond donors (Lipinski definition) is 0. The molecule has 122 valence electrons. The molecule has 1 aromatic rings. The van der Waals surface area contributed by atoms with Gasteiger partial charge in [0.05, 0.1) is 5.75 Å². The van der Waals surface area contributed by atoms with E-state index in [1.165, 1.54) is 4.90 Å². The lowest BCUT2D eigenvalue weighted by Crippen LogP contribution is -2.48. The third kappa shape index (κ3) is 3.13. The van der Waals surface area contributed by atoms with Crippen molar-refractivity contribution in [2.24, 2.45) is 0 Å². The Morgan fingerprint density at radius 1 is 1.17 bits per heavy atom. The van der Waals surface area contributed by atoms with E-state index >= 15 is 0 Å². The van der Waals surface area contributed by atoms with E-state index in [-0.39, 0.29) is 28.8 Å². The van der Waals surface area contributed by atoms with Crippen LogP contribution in [0.2, 0.25) is 0 Å². The van der Waals surface area contributed by atoms with Gasteiger partial charge in [0.15, 0.2) is 0 Å². The summed E-state index contributed by atoms with van der Waals surface area (Å²) < 4.78 is 0. The van der Waals surface area contributed by atoms with Crippen LogP contribution in [0.3, 0.4) is 0 Å². The highest BCUT2D eigenvalue weighted by Gasteiger charge is 2.38. The first-order valence-electron chi connectivity index (χ1n) is 7.82. The number of benzene rings is 1. The van der Waals surface area contributed by atoms with Gasteiger partial charge in [-0.3, -0.25) is 19.3 Å². The normalized spacial score (nSPS) is 19.6. The molecule has 0 saturated carbocycles. The van der Waals surface area contributed by atoms with Crippen LogP contribution in [-0.4, -0.2) is 51.7 Å². The summed E-state index contributed by atoms with van der Waals surface area (Å²) in [5.74, 6) is 0.189. The number of thioether (sulfide) groups is 1. The third-order valence-electron chi connectivity index (χ3n) is 4.51. The molecule has 2 aliphatic heterocycles. The fraction of sp³-hybridized carbons (Fsp3) is 0.471. The zero-order valence-electron chi connectivity index (χ0n) is 13.4. The van der Waals surface area contributed by atoms with E-state index < -0.39 is 0 Å². The molecule has 2 saturated heterocycles. The molecular formula is C17H20N2O3S. The molecular weight excluding hydrogens is 312 g/mol. The molecule has 0 aromatic heterocycles.